The first-order chi connectivity index (χ1) is 14.7. The lowest BCUT2D eigenvalue weighted by molar-refractivity contribution is -0.137. The minimum atomic E-state index is -4.39. The van der Waals surface area contributed by atoms with Crippen molar-refractivity contribution >= 4 is 17.3 Å². The number of oxazole rings is 1. The summed E-state index contributed by atoms with van der Waals surface area (Å²) >= 11 is 0. The molecule has 164 valence electrons. The summed E-state index contributed by atoms with van der Waals surface area (Å²) in [6.07, 6.45) is -1.54. The maximum atomic E-state index is 12.8. The summed E-state index contributed by atoms with van der Waals surface area (Å²) in [6, 6.07) is 6.56. The van der Waals surface area contributed by atoms with Crippen molar-refractivity contribution in [3.8, 4) is 11.5 Å². The fourth-order valence-electron chi connectivity index (χ4n) is 3.66. The van der Waals surface area contributed by atoms with Crippen molar-refractivity contribution < 1.29 is 27.1 Å². The van der Waals surface area contributed by atoms with Gasteiger partial charge in [-0.05, 0) is 68.5 Å². The number of fused-ring (bicyclic) bond motifs is 1. The van der Waals surface area contributed by atoms with Crippen molar-refractivity contribution in [2.75, 3.05) is 13.1 Å². The van der Waals surface area contributed by atoms with E-state index in [2.05, 4.69) is 9.97 Å². The summed E-state index contributed by atoms with van der Waals surface area (Å²) in [5, 5.41) is 0. The number of carbonyl (C=O) groups excluding carboxylic acids is 1. The number of halogens is 3. The van der Waals surface area contributed by atoms with Crippen LogP contribution in [-0.2, 0) is 10.9 Å². The summed E-state index contributed by atoms with van der Waals surface area (Å²) in [5.74, 6) is 0.450. The molecule has 2 aromatic heterocycles. The van der Waals surface area contributed by atoms with Gasteiger partial charge in [0, 0.05) is 24.8 Å². The van der Waals surface area contributed by atoms with Gasteiger partial charge in [0.15, 0.2) is 0 Å². The standard InChI is InChI=1S/C22H22F3N3O3/c1-13(2)30-21(29)28-9-7-14(8-10-28)16-11-18-20(26-12-16)31-19(27-18)15-3-5-17(6-4-15)22(23,24)25/h3-6,11-14H,7-10H2,1-2H3. The molecule has 3 aromatic rings. The lowest BCUT2D eigenvalue weighted by Gasteiger charge is -2.31. The van der Waals surface area contributed by atoms with Gasteiger partial charge in [-0.2, -0.15) is 13.2 Å². The number of hydrogen-bond acceptors (Lipinski definition) is 5. The number of alkyl halides is 3. The van der Waals surface area contributed by atoms with E-state index in [4.69, 9.17) is 9.15 Å². The Labute approximate surface area is 177 Å². The molecule has 1 aromatic carbocycles. The van der Waals surface area contributed by atoms with E-state index in [1.165, 1.54) is 12.1 Å². The predicted octanol–water partition coefficient (Wildman–Crippen LogP) is 5.63. The second-order valence-electron chi connectivity index (χ2n) is 7.88. The van der Waals surface area contributed by atoms with Crippen molar-refractivity contribution in [1.82, 2.24) is 14.9 Å². The third kappa shape index (κ3) is 4.65. The number of carbonyl (C=O) groups is 1. The van der Waals surface area contributed by atoms with Crippen molar-refractivity contribution in [3.05, 3.63) is 47.7 Å². The molecule has 0 N–H and O–H groups in total. The summed E-state index contributed by atoms with van der Waals surface area (Å²) in [6.45, 7) is 4.85. The quantitative estimate of drug-likeness (QED) is 0.535. The molecular weight excluding hydrogens is 411 g/mol. The summed E-state index contributed by atoms with van der Waals surface area (Å²) in [5.41, 5.74) is 1.60. The molecule has 1 aliphatic heterocycles. The van der Waals surface area contributed by atoms with Crippen LogP contribution < -0.4 is 0 Å². The van der Waals surface area contributed by atoms with Gasteiger partial charge in [-0.1, -0.05) is 0 Å². The Morgan fingerprint density at radius 2 is 1.87 bits per heavy atom. The number of hydrogen-bond donors (Lipinski definition) is 0. The van der Waals surface area contributed by atoms with E-state index < -0.39 is 11.7 Å². The first-order valence-electron chi connectivity index (χ1n) is 10.1. The molecule has 0 saturated carbocycles. The normalized spacial score (nSPS) is 15.6. The highest BCUT2D eigenvalue weighted by molar-refractivity contribution is 5.73. The van der Waals surface area contributed by atoms with Gasteiger partial charge >= 0.3 is 12.3 Å². The minimum absolute atomic E-state index is 0.150. The number of benzene rings is 1. The highest BCUT2D eigenvalue weighted by Gasteiger charge is 2.30. The van der Waals surface area contributed by atoms with Crippen LogP contribution >= 0.6 is 0 Å². The predicted molar refractivity (Wildman–Crippen MR) is 107 cm³/mol. The Morgan fingerprint density at radius 1 is 1.19 bits per heavy atom. The summed E-state index contributed by atoms with van der Waals surface area (Å²) < 4.78 is 49.2. The van der Waals surface area contributed by atoms with Crippen molar-refractivity contribution in [3.63, 3.8) is 0 Å². The topological polar surface area (TPSA) is 68.5 Å². The molecule has 0 unspecified atom stereocenters. The number of ether oxygens (including phenoxy) is 1. The summed E-state index contributed by atoms with van der Waals surface area (Å²) in [4.78, 5) is 22.5. The van der Waals surface area contributed by atoms with Crippen LogP contribution in [0, 0.1) is 0 Å². The molecule has 0 aliphatic carbocycles. The lowest BCUT2D eigenvalue weighted by Crippen LogP contribution is -2.39. The van der Waals surface area contributed by atoms with Crippen molar-refractivity contribution in [2.45, 2.75) is 44.9 Å². The zero-order chi connectivity index (χ0) is 22.2. The highest BCUT2D eigenvalue weighted by atomic mass is 19.4. The maximum absolute atomic E-state index is 12.8. The van der Waals surface area contributed by atoms with Crippen LogP contribution in [0.4, 0.5) is 18.0 Å². The number of amides is 1. The Balaban J connectivity index is 1.48. The molecule has 0 atom stereocenters. The molecule has 0 spiro atoms. The van der Waals surface area contributed by atoms with Gasteiger partial charge in [0.25, 0.3) is 0 Å². The Morgan fingerprint density at radius 3 is 2.48 bits per heavy atom. The zero-order valence-corrected chi connectivity index (χ0v) is 17.1. The van der Waals surface area contributed by atoms with Gasteiger partial charge in [0.2, 0.25) is 11.6 Å². The molecule has 0 radical (unpaired) electrons. The molecular formula is C22H22F3N3O3. The van der Waals surface area contributed by atoms with Crippen LogP contribution in [0.2, 0.25) is 0 Å². The summed E-state index contributed by atoms with van der Waals surface area (Å²) in [7, 11) is 0. The van der Waals surface area contributed by atoms with E-state index in [1.807, 2.05) is 19.9 Å². The molecule has 31 heavy (non-hydrogen) atoms. The molecule has 4 rings (SSSR count). The third-order valence-electron chi connectivity index (χ3n) is 5.29. The number of rotatable bonds is 3. The lowest BCUT2D eigenvalue weighted by atomic mass is 9.90. The van der Waals surface area contributed by atoms with Crippen molar-refractivity contribution in [2.24, 2.45) is 0 Å². The Hall–Kier alpha value is -3.10. The molecule has 1 amide bonds. The maximum Gasteiger partial charge on any atom is 0.416 e. The van der Waals surface area contributed by atoms with Gasteiger partial charge in [0.1, 0.15) is 5.52 Å². The SMILES string of the molecule is CC(C)OC(=O)N1CCC(c2cnc3oc(-c4ccc(C(F)(F)F)cc4)nc3c2)CC1. The van der Waals surface area contributed by atoms with Crippen LogP contribution in [0.25, 0.3) is 22.7 Å². The van der Waals surface area contributed by atoms with Crippen molar-refractivity contribution in [1.29, 1.82) is 0 Å². The first kappa shape index (κ1) is 21.1. The fraction of sp³-hybridized carbons (Fsp3) is 0.409. The average molecular weight is 433 g/mol. The molecule has 3 heterocycles. The van der Waals surface area contributed by atoms with Crippen LogP contribution in [0.15, 0.2) is 40.9 Å². The van der Waals surface area contributed by atoms with E-state index in [0.29, 0.717) is 29.9 Å². The molecule has 0 bridgehead atoms. The minimum Gasteiger partial charge on any atom is -0.447 e. The molecule has 1 fully saturated rings. The van der Waals surface area contributed by atoms with Gasteiger partial charge in [-0.15, -0.1) is 0 Å². The molecule has 1 saturated heterocycles. The van der Waals surface area contributed by atoms with Crippen LogP contribution in [0.1, 0.15) is 43.7 Å². The number of nitrogens with zero attached hydrogens (tertiary/aromatic N) is 3. The molecule has 1 aliphatic rings. The first-order valence-corrected chi connectivity index (χ1v) is 10.1. The smallest absolute Gasteiger partial charge is 0.416 e. The van der Waals surface area contributed by atoms with Gasteiger partial charge < -0.3 is 14.1 Å². The van der Waals surface area contributed by atoms with Gasteiger partial charge in [-0.3, -0.25) is 0 Å². The zero-order valence-electron chi connectivity index (χ0n) is 17.1. The molecule has 9 heteroatoms. The second kappa shape index (κ2) is 8.20. The van der Waals surface area contributed by atoms with Crippen LogP contribution in [0.3, 0.4) is 0 Å². The van der Waals surface area contributed by atoms with E-state index >= 15 is 0 Å². The molecule has 6 nitrogen and oxygen atoms in total. The average Bonchev–Trinajstić information content (AvgIpc) is 3.16. The number of likely N-dealkylation sites (tertiary alicyclic amines) is 1. The van der Waals surface area contributed by atoms with E-state index in [1.54, 1.807) is 11.1 Å². The Kier molecular flexibility index (Phi) is 5.60. The van der Waals surface area contributed by atoms with E-state index in [0.717, 1.165) is 30.5 Å². The van der Waals surface area contributed by atoms with E-state index in [9.17, 15) is 18.0 Å². The third-order valence-corrected chi connectivity index (χ3v) is 5.29. The van der Waals surface area contributed by atoms with Gasteiger partial charge in [-0.25, -0.2) is 14.8 Å². The number of piperidine rings is 1. The second-order valence-corrected chi connectivity index (χ2v) is 7.88. The Bertz CT molecular complexity index is 1070. The monoisotopic (exact) mass is 433 g/mol. The number of aromatic nitrogens is 2. The largest absolute Gasteiger partial charge is 0.447 e. The number of pyridine rings is 1. The van der Waals surface area contributed by atoms with Crippen LogP contribution in [-0.4, -0.2) is 40.2 Å². The van der Waals surface area contributed by atoms with Crippen LogP contribution in [0.5, 0.6) is 0 Å². The fourth-order valence-corrected chi connectivity index (χ4v) is 3.66. The van der Waals surface area contributed by atoms with Gasteiger partial charge in [0.05, 0.1) is 11.7 Å². The van der Waals surface area contributed by atoms with E-state index in [-0.39, 0.29) is 24.0 Å². The highest BCUT2D eigenvalue weighted by Crippen LogP contribution is 2.33.